The third kappa shape index (κ3) is 8.90. The number of carboxylic acids is 1. The first-order chi connectivity index (χ1) is 11.1. The molecule has 138 valence electrons. The van der Waals surface area contributed by atoms with Crippen LogP contribution in [0.25, 0.3) is 0 Å². The molecule has 0 rings (SSSR count). The Kier molecular flexibility index (Phi) is 10.3. The number of rotatable bonds is 11. The van der Waals surface area contributed by atoms with Crippen molar-refractivity contribution in [1.82, 2.24) is 10.6 Å². The van der Waals surface area contributed by atoms with Gasteiger partial charge in [0.15, 0.2) is 6.16 Å². The van der Waals surface area contributed by atoms with Crippen LogP contribution in [0.5, 0.6) is 0 Å². The predicted molar refractivity (Wildman–Crippen MR) is 88.8 cm³/mol. The van der Waals surface area contributed by atoms with Crippen LogP contribution < -0.4 is 16.4 Å². The molecule has 24 heavy (non-hydrogen) atoms. The van der Waals surface area contributed by atoms with Crippen LogP contribution in [-0.4, -0.2) is 58.6 Å². The summed E-state index contributed by atoms with van der Waals surface area (Å²) in [4.78, 5) is 35.0. The molecule has 6 N–H and O–H groups in total. The highest BCUT2D eigenvalue weighted by molar-refractivity contribution is 7.44. The molecule has 9 nitrogen and oxygen atoms in total. The average molecular weight is 364 g/mol. The number of aliphatic hydroxyl groups excluding tert-OH is 1. The van der Waals surface area contributed by atoms with Gasteiger partial charge in [-0.05, 0) is 19.3 Å². The van der Waals surface area contributed by atoms with E-state index in [-0.39, 0.29) is 24.9 Å². The number of carbonyl (C=O) groups excluding carboxylic acids is 2. The molecule has 0 aromatic rings. The molecule has 0 aliphatic carbocycles. The maximum atomic E-state index is 12.0. The molecule has 0 aromatic heterocycles. The van der Waals surface area contributed by atoms with E-state index in [9.17, 15) is 18.9 Å². The van der Waals surface area contributed by atoms with E-state index < -0.39 is 50.1 Å². The summed E-state index contributed by atoms with van der Waals surface area (Å²) >= 11 is 0. The standard InChI is InChI=1S/C14H26N3O6P/c1-8(2)6-11(14(21)22)17-12(19)9(3)16-13(20)10(15)4-5-24(23)7-18/h8-11,18H,4-7,15H2,1-3H3,(H2-,16,17,19,20,21,22)/p+1/t9-,10?,11-/m0/s1. The predicted octanol–water partition coefficient (Wildman–Crippen LogP) is -0.399. The molecular weight excluding hydrogens is 337 g/mol. The second kappa shape index (κ2) is 11.1. The number of carboxylic acid groups (broad SMARTS) is 1. The van der Waals surface area contributed by atoms with Crippen molar-refractivity contribution in [2.45, 2.75) is 51.7 Å². The fourth-order valence-corrected chi connectivity index (χ4v) is 2.57. The van der Waals surface area contributed by atoms with E-state index in [0.29, 0.717) is 0 Å². The lowest BCUT2D eigenvalue weighted by Gasteiger charge is -2.20. The average Bonchev–Trinajstić information content (AvgIpc) is 2.50. The van der Waals surface area contributed by atoms with Gasteiger partial charge in [0.05, 0.1) is 6.04 Å². The molecule has 0 saturated heterocycles. The van der Waals surface area contributed by atoms with Crippen molar-refractivity contribution in [2.75, 3.05) is 12.5 Å². The van der Waals surface area contributed by atoms with Crippen LogP contribution in [-0.2, 0) is 18.9 Å². The SMILES string of the molecule is CC(C)C[C@H](NC(=O)[C@H](C)NC(=O)C(N)CC[P+](=O)CO)C(=O)O. The smallest absolute Gasteiger partial charge is 0.366 e. The van der Waals surface area contributed by atoms with Crippen molar-refractivity contribution in [3.8, 4) is 0 Å². The minimum absolute atomic E-state index is 0.0817. The number of nitrogens with two attached hydrogens (primary N) is 1. The maximum Gasteiger partial charge on any atom is 0.366 e. The Morgan fingerprint density at radius 2 is 1.71 bits per heavy atom. The normalized spacial score (nSPS) is 15.3. The minimum Gasteiger partial charge on any atom is -0.480 e. The number of nitrogens with one attached hydrogen (secondary N) is 2. The molecule has 4 atom stereocenters. The molecule has 0 spiro atoms. The van der Waals surface area contributed by atoms with Gasteiger partial charge in [-0.15, -0.1) is 0 Å². The summed E-state index contributed by atoms with van der Waals surface area (Å²) in [5.41, 5.74) is 5.64. The first-order valence-corrected chi connectivity index (χ1v) is 9.33. The van der Waals surface area contributed by atoms with E-state index in [2.05, 4.69) is 10.6 Å². The fraction of sp³-hybridized carbons (Fsp3) is 0.786. The first kappa shape index (κ1) is 22.4. The molecule has 0 heterocycles. The molecule has 10 heteroatoms. The zero-order valence-corrected chi connectivity index (χ0v) is 15.1. The Bertz CT molecular complexity index is 471. The van der Waals surface area contributed by atoms with Crippen molar-refractivity contribution >= 4 is 25.6 Å². The molecule has 0 fully saturated rings. The Labute approximate surface area is 142 Å². The molecular formula is C14H27N3O6P+. The van der Waals surface area contributed by atoms with Gasteiger partial charge in [0.2, 0.25) is 18.2 Å². The van der Waals surface area contributed by atoms with E-state index >= 15 is 0 Å². The van der Waals surface area contributed by atoms with Gasteiger partial charge in [0.25, 0.3) is 0 Å². The van der Waals surface area contributed by atoms with Gasteiger partial charge < -0.3 is 26.6 Å². The number of hydrogen-bond acceptors (Lipinski definition) is 6. The number of hydrogen-bond donors (Lipinski definition) is 5. The zero-order chi connectivity index (χ0) is 18.9. The van der Waals surface area contributed by atoms with Crippen LogP contribution in [0.1, 0.15) is 33.6 Å². The Morgan fingerprint density at radius 3 is 2.17 bits per heavy atom. The first-order valence-electron chi connectivity index (χ1n) is 7.70. The van der Waals surface area contributed by atoms with Crippen LogP contribution >= 0.6 is 7.80 Å². The van der Waals surface area contributed by atoms with E-state index in [1.165, 1.54) is 6.92 Å². The van der Waals surface area contributed by atoms with E-state index in [4.69, 9.17) is 15.9 Å². The monoisotopic (exact) mass is 364 g/mol. The van der Waals surface area contributed by atoms with Crippen LogP contribution in [0.15, 0.2) is 0 Å². The van der Waals surface area contributed by atoms with Crippen molar-refractivity contribution in [2.24, 2.45) is 11.7 Å². The topological polar surface area (TPSA) is 159 Å². The highest BCUT2D eigenvalue weighted by atomic mass is 31.1. The largest absolute Gasteiger partial charge is 0.480 e. The summed E-state index contributed by atoms with van der Waals surface area (Å²) in [7, 11) is -1.80. The van der Waals surface area contributed by atoms with E-state index in [1.807, 2.05) is 13.8 Å². The highest BCUT2D eigenvalue weighted by Gasteiger charge is 2.26. The zero-order valence-electron chi connectivity index (χ0n) is 14.2. The minimum atomic E-state index is -1.80. The molecule has 2 unspecified atom stereocenters. The molecule has 0 saturated carbocycles. The number of amides is 2. The highest BCUT2D eigenvalue weighted by Crippen LogP contribution is 2.19. The Hall–Kier alpha value is -1.57. The fourth-order valence-electron chi connectivity index (χ4n) is 1.86. The van der Waals surface area contributed by atoms with Gasteiger partial charge in [-0.3, -0.25) is 9.59 Å². The third-order valence-corrected chi connectivity index (χ3v) is 4.33. The van der Waals surface area contributed by atoms with Gasteiger partial charge in [-0.1, -0.05) is 18.4 Å². The van der Waals surface area contributed by atoms with Crippen LogP contribution in [0.3, 0.4) is 0 Å². The molecule has 2 amide bonds. The summed E-state index contributed by atoms with van der Waals surface area (Å²) in [5, 5.41) is 22.5. The molecule has 0 aromatic carbocycles. The van der Waals surface area contributed by atoms with Gasteiger partial charge in [0.1, 0.15) is 12.1 Å². The molecule has 0 aliphatic rings. The Morgan fingerprint density at radius 1 is 1.12 bits per heavy atom. The lowest BCUT2D eigenvalue weighted by Crippen LogP contribution is -2.53. The summed E-state index contributed by atoms with van der Waals surface area (Å²) in [6.07, 6.45) is 0.0296. The van der Waals surface area contributed by atoms with Crippen molar-refractivity contribution in [1.29, 1.82) is 0 Å². The van der Waals surface area contributed by atoms with Crippen molar-refractivity contribution in [3.63, 3.8) is 0 Å². The second-order valence-corrected chi connectivity index (χ2v) is 7.69. The van der Waals surface area contributed by atoms with Crippen molar-refractivity contribution < 1.29 is 29.2 Å². The lowest BCUT2D eigenvalue weighted by molar-refractivity contribution is -0.142. The third-order valence-electron chi connectivity index (χ3n) is 3.26. The van der Waals surface area contributed by atoms with E-state index in [0.717, 1.165) is 0 Å². The van der Waals surface area contributed by atoms with Gasteiger partial charge in [0, 0.05) is 6.42 Å². The summed E-state index contributed by atoms with van der Waals surface area (Å²) in [6.45, 7) is 5.09. The number of aliphatic hydroxyl groups is 1. The molecule has 0 aliphatic heterocycles. The summed E-state index contributed by atoms with van der Waals surface area (Å²) in [6, 6.07) is -2.94. The lowest BCUT2D eigenvalue weighted by atomic mass is 10.0. The molecule has 0 radical (unpaired) electrons. The summed E-state index contributed by atoms with van der Waals surface area (Å²) in [5.74, 6) is -2.28. The van der Waals surface area contributed by atoms with Crippen LogP contribution in [0, 0.1) is 5.92 Å². The van der Waals surface area contributed by atoms with E-state index in [1.54, 1.807) is 0 Å². The van der Waals surface area contributed by atoms with Gasteiger partial charge in [-0.25, -0.2) is 4.79 Å². The number of aliphatic carboxylic acids is 1. The van der Waals surface area contributed by atoms with Crippen LogP contribution in [0.4, 0.5) is 0 Å². The van der Waals surface area contributed by atoms with Crippen LogP contribution in [0.2, 0.25) is 0 Å². The summed E-state index contributed by atoms with van der Waals surface area (Å²) < 4.78 is 11.1. The maximum absolute atomic E-state index is 12.0. The Balaban J connectivity index is 4.49. The van der Waals surface area contributed by atoms with Gasteiger partial charge in [-0.2, -0.15) is 0 Å². The van der Waals surface area contributed by atoms with Gasteiger partial charge >= 0.3 is 13.8 Å². The quantitative estimate of drug-likeness (QED) is 0.312. The second-order valence-electron chi connectivity index (χ2n) is 6.00. The molecule has 0 bridgehead atoms. The number of carbonyl (C=O) groups is 3. The van der Waals surface area contributed by atoms with Crippen molar-refractivity contribution in [3.05, 3.63) is 0 Å².